The molecule has 5 atom stereocenters. The van der Waals surface area contributed by atoms with E-state index in [1.807, 2.05) is 0 Å². The van der Waals surface area contributed by atoms with Crippen molar-refractivity contribution in [2.24, 2.45) is 23.7 Å². The predicted molar refractivity (Wildman–Crippen MR) is 211 cm³/mol. The van der Waals surface area contributed by atoms with Gasteiger partial charge in [-0.1, -0.05) is 117 Å². The number of rotatable bonds is 4. The van der Waals surface area contributed by atoms with E-state index in [0.29, 0.717) is 11.8 Å². The highest BCUT2D eigenvalue weighted by Crippen LogP contribution is 2.65. The first-order valence-electron chi connectivity index (χ1n) is 19.0. The molecule has 246 valence electrons. The summed E-state index contributed by atoms with van der Waals surface area (Å²) in [6.07, 6.45) is 12.2. The van der Waals surface area contributed by atoms with Crippen LogP contribution in [0.5, 0.6) is 0 Å². The van der Waals surface area contributed by atoms with Gasteiger partial charge in [0.2, 0.25) is 0 Å². The van der Waals surface area contributed by atoms with E-state index in [2.05, 4.69) is 158 Å². The van der Waals surface area contributed by atoms with Gasteiger partial charge in [-0.3, -0.25) is 0 Å². The summed E-state index contributed by atoms with van der Waals surface area (Å²) in [5.41, 5.74) is 15.2. The van der Waals surface area contributed by atoms with Crippen LogP contribution in [-0.4, -0.2) is 0 Å². The summed E-state index contributed by atoms with van der Waals surface area (Å²) in [6.45, 7) is 5.09. The van der Waals surface area contributed by atoms with Crippen molar-refractivity contribution in [2.45, 2.75) is 57.8 Å². The summed E-state index contributed by atoms with van der Waals surface area (Å²) in [5, 5.41) is 2.58. The monoisotopic (exact) mass is 647 g/mol. The molecule has 0 aromatic heterocycles. The second-order valence-electron chi connectivity index (χ2n) is 15.9. The zero-order chi connectivity index (χ0) is 33.4. The average molecular weight is 648 g/mol. The Balaban J connectivity index is 1.14. The van der Waals surface area contributed by atoms with Gasteiger partial charge in [-0.25, -0.2) is 0 Å². The second kappa shape index (κ2) is 11.6. The molecule has 5 unspecified atom stereocenters. The molecule has 10 rings (SSSR count). The molecule has 4 aliphatic rings. The van der Waals surface area contributed by atoms with E-state index >= 15 is 0 Å². The van der Waals surface area contributed by atoms with Crippen molar-refractivity contribution in [3.63, 3.8) is 0 Å². The Hall–Kier alpha value is -4.88. The number of nitrogens with zero attached hydrogens (tertiary/aromatic N) is 1. The van der Waals surface area contributed by atoms with Gasteiger partial charge in [-0.05, 0) is 154 Å². The van der Waals surface area contributed by atoms with E-state index in [-0.39, 0.29) is 5.41 Å². The highest BCUT2D eigenvalue weighted by molar-refractivity contribution is 5.97. The van der Waals surface area contributed by atoms with Gasteiger partial charge in [-0.2, -0.15) is 0 Å². The lowest BCUT2D eigenvalue weighted by Gasteiger charge is -2.54. The molecule has 0 heterocycles. The Morgan fingerprint density at radius 3 is 2.26 bits per heavy atom. The number of benzene rings is 6. The largest absolute Gasteiger partial charge is 0.310 e. The molecule has 0 radical (unpaired) electrons. The number of hydrogen-bond acceptors (Lipinski definition) is 1. The van der Waals surface area contributed by atoms with Crippen molar-refractivity contribution in [1.29, 1.82) is 0 Å². The first-order valence-corrected chi connectivity index (χ1v) is 19.0. The third kappa shape index (κ3) is 4.52. The standard InChI is InChI=1S/C49H45N/c1-32-26-34-28-33(2)49(39(27-32)29-34)47-17-8-7-15-45(47)46-25-24-42(31-48(46)49)50(41-23-18-35-10-3-4-12-38(35)30-41)40-21-19-37(20-22-40)44-16-9-13-36-11-5-6-14-43(36)44/h3,5-11,13-25,30-34,39H,4,12,26-29H2,1-2H3. The summed E-state index contributed by atoms with van der Waals surface area (Å²) < 4.78 is 0. The quantitative estimate of drug-likeness (QED) is 0.184. The van der Waals surface area contributed by atoms with Crippen molar-refractivity contribution in [3.8, 4) is 22.3 Å². The summed E-state index contributed by atoms with van der Waals surface area (Å²) in [4.78, 5) is 2.53. The zero-order valence-corrected chi connectivity index (χ0v) is 29.3. The van der Waals surface area contributed by atoms with Gasteiger partial charge in [-0.15, -0.1) is 0 Å². The Labute approximate surface area is 297 Å². The van der Waals surface area contributed by atoms with Crippen LogP contribution in [0.15, 0.2) is 133 Å². The Morgan fingerprint density at radius 1 is 0.600 bits per heavy atom. The van der Waals surface area contributed by atoms with Crippen LogP contribution in [0.4, 0.5) is 17.1 Å². The molecule has 1 nitrogen and oxygen atoms in total. The molecular weight excluding hydrogens is 603 g/mol. The third-order valence-corrected chi connectivity index (χ3v) is 13.0. The summed E-state index contributed by atoms with van der Waals surface area (Å²) in [7, 11) is 0. The van der Waals surface area contributed by atoms with E-state index in [1.165, 1.54) is 86.9 Å². The Bertz CT molecular complexity index is 2280. The summed E-state index contributed by atoms with van der Waals surface area (Å²) in [5.74, 6) is 2.95. The molecule has 1 heteroatoms. The van der Waals surface area contributed by atoms with Crippen LogP contribution >= 0.6 is 0 Å². The maximum absolute atomic E-state index is 2.61. The highest BCUT2D eigenvalue weighted by atomic mass is 15.1. The van der Waals surface area contributed by atoms with Crippen LogP contribution in [0.25, 0.3) is 39.1 Å². The predicted octanol–water partition coefficient (Wildman–Crippen LogP) is 13.3. The van der Waals surface area contributed by atoms with Crippen LogP contribution in [0.2, 0.25) is 0 Å². The molecule has 6 aromatic rings. The lowest BCUT2D eigenvalue weighted by molar-refractivity contribution is 0.0426. The van der Waals surface area contributed by atoms with Gasteiger partial charge < -0.3 is 4.90 Å². The number of anilines is 3. The molecular formula is C49H45N. The molecule has 2 saturated carbocycles. The highest BCUT2D eigenvalue weighted by Gasteiger charge is 2.56. The Kier molecular flexibility index (Phi) is 6.95. The van der Waals surface area contributed by atoms with Crippen LogP contribution in [0.3, 0.4) is 0 Å². The topological polar surface area (TPSA) is 3.24 Å². The zero-order valence-electron chi connectivity index (χ0n) is 29.3. The van der Waals surface area contributed by atoms with Gasteiger partial charge in [0.15, 0.2) is 0 Å². The molecule has 2 bridgehead atoms. The molecule has 0 amide bonds. The van der Waals surface area contributed by atoms with Crippen molar-refractivity contribution in [1.82, 2.24) is 0 Å². The number of hydrogen-bond donors (Lipinski definition) is 0. The van der Waals surface area contributed by atoms with Crippen molar-refractivity contribution >= 4 is 33.9 Å². The van der Waals surface area contributed by atoms with Crippen molar-refractivity contribution in [3.05, 3.63) is 156 Å². The maximum atomic E-state index is 2.61. The van der Waals surface area contributed by atoms with Crippen molar-refractivity contribution < 1.29 is 0 Å². The number of aryl methyl sites for hydroxylation is 1. The van der Waals surface area contributed by atoms with Crippen molar-refractivity contribution in [2.75, 3.05) is 4.90 Å². The minimum absolute atomic E-state index is 0.0671. The second-order valence-corrected chi connectivity index (χ2v) is 15.9. The molecule has 4 aliphatic carbocycles. The van der Waals surface area contributed by atoms with E-state index in [4.69, 9.17) is 0 Å². The lowest BCUT2D eigenvalue weighted by atomic mass is 9.49. The van der Waals surface area contributed by atoms with E-state index < -0.39 is 0 Å². The van der Waals surface area contributed by atoms with E-state index in [9.17, 15) is 0 Å². The van der Waals surface area contributed by atoms with E-state index in [1.54, 1.807) is 11.1 Å². The first-order chi connectivity index (χ1) is 24.6. The van der Waals surface area contributed by atoms with Gasteiger partial charge >= 0.3 is 0 Å². The molecule has 0 N–H and O–H groups in total. The molecule has 6 aromatic carbocycles. The van der Waals surface area contributed by atoms with E-state index in [0.717, 1.165) is 24.7 Å². The molecule has 0 saturated heterocycles. The molecule has 2 fully saturated rings. The Morgan fingerprint density at radius 2 is 1.34 bits per heavy atom. The van der Waals surface area contributed by atoms with Gasteiger partial charge in [0.25, 0.3) is 0 Å². The van der Waals surface area contributed by atoms with Crippen LogP contribution in [0, 0.1) is 23.7 Å². The fourth-order valence-electron chi connectivity index (χ4n) is 11.1. The lowest BCUT2D eigenvalue weighted by Crippen LogP contribution is -2.49. The fourth-order valence-corrected chi connectivity index (χ4v) is 11.1. The molecule has 0 aliphatic heterocycles. The summed E-state index contributed by atoms with van der Waals surface area (Å²) >= 11 is 0. The van der Waals surface area contributed by atoms with Gasteiger partial charge in [0.05, 0.1) is 0 Å². The maximum Gasteiger partial charge on any atom is 0.0465 e. The molecule has 1 spiro atoms. The average Bonchev–Trinajstić information content (AvgIpc) is 3.44. The minimum atomic E-state index is 0.0671. The van der Waals surface area contributed by atoms with Crippen LogP contribution in [0.1, 0.15) is 68.2 Å². The third-order valence-electron chi connectivity index (χ3n) is 13.0. The van der Waals surface area contributed by atoms with Crippen LogP contribution < -0.4 is 4.90 Å². The summed E-state index contributed by atoms with van der Waals surface area (Å²) in [6, 6.07) is 48.7. The van der Waals surface area contributed by atoms with Gasteiger partial charge in [0.1, 0.15) is 0 Å². The minimum Gasteiger partial charge on any atom is -0.310 e. The fraction of sp³-hybridized carbons (Fsp3) is 0.265. The molecule has 50 heavy (non-hydrogen) atoms. The SMILES string of the molecule is CC1CC2CC(C)C3(c4ccccc4-c4ccc(N(c5ccc(-c6cccc7ccccc67)cc5)c5ccc6c(c5)CCC=C6)cc43)C(C1)C2. The van der Waals surface area contributed by atoms with Gasteiger partial charge in [0, 0.05) is 22.5 Å². The smallest absolute Gasteiger partial charge is 0.0465 e. The van der Waals surface area contributed by atoms with Crippen LogP contribution in [-0.2, 0) is 11.8 Å². The normalized spacial score (nSPS) is 24.5. The number of fused-ring (bicyclic) bond motifs is 10. The first kappa shape index (κ1) is 30.0. The number of allylic oxidation sites excluding steroid dienone is 1.